The van der Waals surface area contributed by atoms with Crippen molar-refractivity contribution in [2.45, 2.75) is 32.9 Å². The average Bonchev–Trinajstić information content (AvgIpc) is 2.43. The number of benzene rings is 1. The van der Waals surface area contributed by atoms with E-state index in [1.807, 2.05) is 0 Å². The smallest absolute Gasteiger partial charge is 0.396 e. The van der Waals surface area contributed by atoms with Crippen molar-refractivity contribution in [3.05, 3.63) is 34.1 Å². The summed E-state index contributed by atoms with van der Waals surface area (Å²) < 4.78 is 48.9. The second-order valence-electron chi connectivity index (χ2n) is 5.33. The largest absolute Gasteiger partial charge is 0.408 e. The predicted octanol–water partition coefficient (Wildman–Crippen LogP) is 3.91. The highest BCUT2D eigenvalue weighted by molar-refractivity contribution is 5.50. The molecule has 0 saturated carbocycles. The van der Waals surface area contributed by atoms with Crippen LogP contribution >= 0.6 is 0 Å². The Balaban J connectivity index is 0.000000640. The van der Waals surface area contributed by atoms with Gasteiger partial charge >= 0.3 is 6.18 Å². The van der Waals surface area contributed by atoms with E-state index in [1.165, 1.54) is 0 Å². The van der Waals surface area contributed by atoms with Crippen LogP contribution < -0.4 is 5.06 Å². The number of nitro groups is 1. The molecule has 0 atom stereocenters. The van der Waals surface area contributed by atoms with E-state index >= 15 is 0 Å². The number of non-ortho nitro benzene ring substituents is 1. The van der Waals surface area contributed by atoms with Crippen LogP contribution in [0.15, 0.2) is 18.2 Å². The van der Waals surface area contributed by atoms with E-state index in [-0.39, 0.29) is 5.06 Å². The third-order valence-corrected chi connectivity index (χ3v) is 2.69. The standard InChI is InChI=1S/C8H6F4N2O3.C6H14O/c9-6-3-5(14(16)17)1-2-7(6)13(15)4-8(10,11)12;1-6(2)4-3-5-7/h1-3,15H,4H2;6-7H,3-5H2,1-2H3. The molecule has 2 N–H and O–H groups in total. The molecule has 0 saturated heterocycles. The fraction of sp³-hybridized carbons (Fsp3) is 0.571. The molecule has 0 fully saturated rings. The van der Waals surface area contributed by atoms with Gasteiger partial charge in [0.15, 0.2) is 5.82 Å². The molecule has 0 radical (unpaired) electrons. The second kappa shape index (κ2) is 10.0. The lowest BCUT2D eigenvalue weighted by atomic mass is 10.1. The van der Waals surface area contributed by atoms with Crippen molar-refractivity contribution >= 4 is 11.4 Å². The first-order valence-corrected chi connectivity index (χ1v) is 7.06. The first kappa shape index (κ1) is 22.1. The molecular weight excluding hydrogens is 336 g/mol. The maximum atomic E-state index is 13.2. The fourth-order valence-corrected chi connectivity index (χ4v) is 1.57. The highest BCUT2D eigenvalue weighted by atomic mass is 19.4. The summed E-state index contributed by atoms with van der Waals surface area (Å²) >= 11 is 0. The molecule has 1 aromatic rings. The molecule has 0 heterocycles. The zero-order chi connectivity index (χ0) is 18.9. The van der Waals surface area contributed by atoms with E-state index in [0.29, 0.717) is 18.7 Å². The summed E-state index contributed by atoms with van der Waals surface area (Å²) in [6.45, 7) is 2.89. The molecule has 1 aromatic carbocycles. The molecular formula is C14H20F4N2O4. The van der Waals surface area contributed by atoms with Crippen LogP contribution in [-0.4, -0.2) is 34.6 Å². The minimum atomic E-state index is -4.72. The van der Waals surface area contributed by atoms with Gasteiger partial charge in [-0.3, -0.25) is 15.3 Å². The van der Waals surface area contributed by atoms with E-state index in [0.717, 1.165) is 24.8 Å². The first-order valence-electron chi connectivity index (χ1n) is 7.06. The lowest BCUT2D eigenvalue weighted by molar-refractivity contribution is -0.385. The SMILES string of the molecule is CC(C)CCCO.O=[N+]([O-])c1ccc(N(O)CC(F)(F)F)c(F)c1. The Hall–Kier alpha value is -1.94. The fourth-order valence-electron chi connectivity index (χ4n) is 1.57. The maximum absolute atomic E-state index is 13.2. The topological polar surface area (TPSA) is 86.8 Å². The lowest BCUT2D eigenvalue weighted by Gasteiger charge is -2.18. The van der Waals surface area contributed by atoms with Crippen molar-refractivity contribution < 1.29 is 32.8 Å². The van der Waals surface area contributed by atoms with Crippen LogP contribution in [-0.2, 0) is 0 Å². The van der Waals surface area contributed by atoms with Crippen LogP contribution in [0, 0.1) is 21.8 Å². The normalized spacial score (nSPS) is 11.0. The van der Waals surface area contributed by atoms with Gasteiger partial charge in [-0.2, -0.15) is 13.2 Å². The second-order valence-corrected chi connectivity index (χ2v) is 5.33. The molecule has 6 nitrogen and oxygen atoms in total. The molecule has 138 valence electrons. The Morgan fingerprint density at radius 1 is 1.33 bits per heavy atom. The Labute approximate surface area is 136 Å². The van der Waals surface area contributed by atoms with Crippen molar-refractivity contribution in [1.82, 2.24) is 0 Å². The van der Waals surface area contributed by atoms with Gasteiger partial charge < -0.3 is 5.11 Å². The summed E-state index contributed by atoms with van der Waals surface area (Å²) in [6, 6.07) is 1.91. The van der Waals surface area contributed by atoms with Gasteiger partial charge in [0.2, 0.25) is 0 Å². The van der Waals surface area contributed by atoms with Crippen LogP contribution in [0.5, 0.6) is 0 Å². The minimum absolute atomic E-state index is 0.345. The molecule has 0 bridgehead atoms. The number of anilines is 1. The van der Waals surface area contributed by atoms with Gasteiger partial charge in [0, 0.05) is 12.7 Å². The van der Waals surface area contributed by atoms with Gasteiger partial charge in [-0.05, 0) is 24.8 Å². The summed E-state index contributed by atoms with van der Waals surface area (Å²) in [4.78, 5) is 9.34. The Bertz CT molecular complexity index is 524. The van der Waals surface area contributed by atoms with Crippen molar-refractivity contribution in [1.29, 1.82) is 0 Å². The lowest BCUT2D eigenvalue weighted by Crippen LogP contribution is -2.31. The van der Waals surface area contributed by atoms with Gasteiger partial charge in [0.05, 0.1) is 16.7 Å². The number of nitrogens with zero attached hydrogens (tertiary/aromatic N) is 2. The van der Waals surface area contributed by atoms with Crippen molar-refractivity contribution in [2.75, 3.05) is 18.2 Å². The van der Waals surface area contributed by atoms with Crippen LogP contribution in [0.1, 0.15) is 26.7 Å². The molecule has 0 amide bonds. The number of alkyl halides is 3. The van der Waals surface area contributed by atoms with Crippen molar-refractivity contribution in [3.8, 4) is 0 Å². The highest BCUT2D eigenvalue weighted by Crippen LogP contribution is 2.25. The zero-order valence-corrected chi connectivity index (χ0v) is 13.3. The first-order chi connectivity index (χ1) is 11.0. The van der Waals surface area contributed by atoms with Crippen LogP contribution in [0.25, 0.3) is 0 Å². The number of hydrogen-bond donors (Lipinski definition) is 2. The number of halogens is 4. The molecule has 0 aliphatic heterocycles. The highest BCUT2D eigenvalue weighted by Gasteiger charge is 2.31. The van der Waals surface area contributed by atoms with Gasteiger partial charge in [0.1, 0.15) is 6.54 Å². The molecule has 24 heavy (non-hydrogen) atoms. The minimum Gasteiger partial charge on any atom is -0.396 e. The Morgan fingerprint density at radius 3 is 2.25 bits per heavy atom. The number of hydroxylamine groups is 1. The van der Waals surface area contributed by atoms with E-state index < -0.39 is 34.8 Å². The predicted molar refractivity (Wildman–Crippen MR) is 79.4 cm³/mol. The quantitative estimate of drug-likeness (QED) is 0.458. The Kier molecular flexibility index (Phi) is 9.22. The van der Waals surface area contributed by atoms with E-state index in [9.17, 15) is 27.7 Å². The molecule has 1 rings (SSSR count). The monoisotopic (exact) mass is 356 g/mol. The Morgan fingerprint density at radius 2 is 1.92 bits per heavy atom. The van der Waals surface area contributed by atoms with E-state index in [2.05, 4.69) is 13.8 Å². The van der Waals surface area contributed by atoms with Gasteiger partial charge in [0.25, 0.3) is 5.69 Å². The molecule has 0 aliphatic rings. The molecule has 0 aromatic heterocycles. The van der Waals surface area contributed by atoms with E-state index in [1.54, 1.807) is 0 Å². The number of nitro benzene ring substituents is 1. The average molecular weight is 356 g/mol. The number of rotatable bonds is 6. The third-order valence-electron chi connectivity index (χ3n) is 2.69. The summed E-state index contributed by atoms with van der Waals surface area (Å²) in [5, 5.41) is 27.2. The van der Waals surface area contributed by atoms with Crippen LogP contribution in [0.2, 0.25) is 0 Å². The van der Waals surface area contributed by atoms with Gasteiger partial charge in [-0.1, -0.05) is 13.8 Å². The van der Waals surface area contributed by atoms with Crippen LogP contribution in [0.4, 0.5) is 28.9 Å². The van der Waals surface area contributed by atoms with Gasteiger partial charge in [-0.15, -0.1) is 0 Å². The number of aliphatic hydroxyl groups is 1. The molecule has 0 aliphatic carbocycles. The summed E-state index contributed by atoms with van der Waals surface area (Å²) in [7, 11) is 0. The summed E-state index contributed by atoms with van der Waals surface area (Å²) in [6.07, 6.45) is -2.61. The third kappa shape index (κ3) is 9.26. The van der Waals surface area contributed by atoms with Crippen molar-refractivity contribution in [2.24, 2.45) is 5.92 Å². The molecule has 0 unspecified atom stereocenters. The summed E-state index contributed by atoms with van der Waals surface area (Å²) in [5.41, 5.74) is -1.40. The maximum Gasteiger partial charge on any atom is 0.408 e. The van der Waals surface area contributed by atoms with Gasteiger partial charge in [-0.25, -0.2) is 9.45 Å². The number of aliphatic hydroxyl groups excluding tert-OH is 1. The zero-order valence-electron chi connectivity index (χ0n) is 13.3. The summed E-state index contributed by atoms with van der Waals surface area (Å²) in [5.74, 6) is -0.571. The van der Waals surface area contributed by atoms with Crippen LogP contribution in [0.3, 0.4) is 0 Å². The molecule has 0 spiro atoms. The van der Waals surface area contributed by atoms with E-state index in [4.69, 9.17) is 10.3 Å². The van der Waals surface area contributed by atoms with Crippen molar-refractivity contribution in [3.63, 3.8) is 0 Å². The molecule has 10 heteroatoms. The number of hydrogen-bond acceptors (Lipinski definition) is 5.